The molecule has 0 amide bonds. The van der Waals surface area contributed by atoms with Crippen molar-refractivity contribution in [1.29, 1.82) is 0 Å². The quantitative estimate of drug-likeness (QED) is 0.306. The number of pyridine rings is 1. The predicted octanol–water partition coefficient (Wildman–Crippen LogP) is 5.69. The van der Waals surface area contributed by atoms with Crippen LogP contribution < -0.4 is 0 Å². The molecule has 0 radical (unpaired) electrons. The van der Waals surface area contributed by atoms with Crippen LogP contribution in [-0.4, -0.2) is 11.7 Å². The third-order valence-corrected chi connectivity index (χ3v) is 5.91. The van der Waals surface area contributed by atoms with E-state index in [1.807, 2.05) is 30.3 Å². The van der Waals surface area contributed by atoms with Gasteiger partial charge in [-0.15, -0.1) is 58.0 Å². The third-order valence-electron chi connectivity index (χ3n) is 2.81. The van der Waals surface area contributed by atoms with Crippen molar-refractivity contribution >= 4 is 57.7 Å². The van der Waals surface area contributed by atoms with Gasteiger partial charge in [0.15, 0.2) is 0 Å². The third kappa shape index (κ3) is 7.46. The van der Waals surface area contributed by atoms with Gasteiger partial charge in [-0.2, -0.15) is 35.5 Å². The van der Waals surface area contributed by atoms with Gasteiger partial charge in [-0.05, 0) is 5.52 Å². The summed E-state index contributed by atoms with van der Waals surface area (Å²) in [5.74, 6) is 0. The van der Waals surface area contributed by atoms with Crippen LogP contribution in [0.5, 0.6) is 0 Å². The van der Waals surface area contributed by atoms with Gasteiger partial charge in [-0.25, -0.2) is 6.08 Å². The number of aromatic nitrogens is 1. The van der Waals surface area contributed by atoms with Crippen molar-refractivity contribution in [3.05, 3.63) is 66.0 Å². The fraction of sp³-hybridized carbons (Fsp3) is 0.188. The SMILES string of the molecule is C[Si](C)(Br)C1=CC[C-]=C1.Cl.Cl.[Cr+2].[c-]1cccc2cccnc12. The van der Waals surface area contributed by atoms with Gasteiger partial charge >= 0.3 is 17.4 Å². The maximum absolute atomic E-state index is 4.13. The van der Waals surface area contributed by atoms with Crippen LogP contribution in [0.15, 0.2) is 53.9 Å². The Hall–Kier alpha value is -0.0806. The standard InChI is InChI=1S/C9H6N.C7H10BrSi.2ClH.Cr/c1-2-6-9-8(4-1)5-3-7-10-9;1-9(2,8)7-5-3-4-6-7;;;/h1-5,7H;5-6H,3H2,1-2H3;2*1H;/q2*-1;;;+2. The summed E-state index contributed by atoms with van der Waals surface area (Å²) in [5, 5.41) is 2.62. The van der Waals surface area contributed by atoms with Crippen molar-refractivity contribution in [2.45, 2.75) is 19.5 Å². The minimum atomic E-state index is -1.17. The summed E-state index contributed by atoms with van der Waals surface area (Å²) >= 11 is 3.70. The van der Waals surface area contributed by atoms with Crippen LogP contribution in [-0.2, 0) is 17.4 Å². The normalized spacial score (nSPS) is 12.0. The van der Waals surface area contributed by atoms with Crippen molar-refractivity contribution in [2.24, 2.45) is 0 Å². The number of rotatable bonds is 1. The number of nitrogens with zero attached hydrogens (tertiary/aromatic N) is 1. The number of hydrogen-bond donors (Lipinski definition) is 0. The van der Waals surface area contributed by atoms with Crippen molar-refractivity contribution in [3.63, 3.8) is 0 Å². The number of halogens is 3. The Kier molecular flexibility index (Phi) is 12.6. The Morgan fingerprint density at radius 2 is 1.86 bits per heavy atom. The average Bonchev–Trinajstić information content (AvgIpc) is 2.93. The van der Waals surface area contributed by atoms with E-state index >= 15 is 0 Å². The molecule has 0 atom stereocenters. The molecule has 1 aromatic carbocycles. The van der Waals surface area contributed by atoms with Gasteiger partial charge in [0, 0.05) is 6.20 Å². The van der Waals surface area contributed by atoms with Crippen LogP contribution in [0, 0.1) is 12.1 Å². The van der Waals surface area contributed by atoms with E-state index in [1.165, 1.54) is 5.20 Å². The maximum Gasteiger partial charge on any atom is 2.00 e. The smallest absolute Gasteiger partial charge is 0.283 e. The Balaban J connectivity index is 0. The molecule has 0 unspecified atom stereocenters. The molecule has 2 aromatic rings. The fourth-order valence-corrected chi connectivity index (χ4v) is 3.62. The molecule has 0 saturated carbocycles. The van der Waals surface area contributed by atoms with Gasteiger partial charge in [0.1, 0.15) is 0 Å². The molecule has 0 fully saturated rings. The van der Waals surface area contributed by atoms with Crippen LogP contribution in [0.2, 0.25) is 13.1 Å². The molecule has 0 bridgehead atoms. The van der Waals surface area contributed by atoms with Crippen LogP contribution in [0.4, 0.5) is 0 Å². The first-order chi connectivity index (χ1) is 9.07. The Labute approximate surface area is 164 Å². The molecule has 6 heteroatoms. The van der Waals surface area contributed by atoms with Crippen LogP contribution in [0.3, 0.4) is 0 Å². The van der Waals surface area contributed by atoms with Gasteiger partial charge in [-0.1, -0.05) is 19.2 Å². The van der Waals surface area contributed by atoms with Gasteiger partial charge in [0.05, 0.1) is 6.69 Å². The predicted molar refractivity (Wildman–Crippen MR) is 102 cm³/mol. The van der Waals surface area contributed by atoms with E-state index in [0.29, 0.717) is 0 Å². The molecule has 3 rings (SSSR count). The molecule has 0 aliphatic heterocycles. The fourth-order valence-electron chi connectivity index (χ4n) is 1.76. The number of fused-ring (bicyclic) bond motifs is 1. The molecule has 1 aliphatic carbocycles. The maximum atomic E-state index is 4.13. The summed E-state index contributed by atoms with van der Waals surface area (Å²) in [6.07, 6.45) is 10.3. The molecular weight excluding hydrogens is 437 g/mol. The largest absolute Gasteiger partial charge is 2.00 e. The Bertz CT molecular complexity index is 561. The van der Waals surface area contributed by atoms with Crippen LogP contribution in [0.25, 0.3) is 10.9 Å². The Morgan fingerprint density at radius 3 is 2.36 bits per heavy atom. The number of hydrogen-bond acceptors (Lipinski definition) is 1. The summed E-state index contributed by atoms with van der Waals surface area (Å²) in [4.78, 5) is 4.13. The molecule has 1 nitrogen and oxygen atoms in total. The average molecular weight is 455 g/mol. The summed E-state index contributed by atoms with van der Waals surface area (Å²) in [7, 11) is 0. The first kappa shape index (κ1) is 24.2. The second-order valence-electron chi connectivity index (χ2n) is 4.80. The van der Waals surface area contributed by atoms with Gasteiger partial charge < -0.3 is 0 Å². The zero-order valence-electron chi connectivity index (χ0n) is 12.4. The van der Waals surface area contributed by atoms with Gasteiger partial charge in [-0.3, -0.25) is 11.1 Å². The van der Waals surface area contributed by atoms with Crippen molar-refractivity contribution in [1.82, 2.24) is 4.98 Å². The van der Waals surface area contributed by atoms with Gasteiger partial charge in [0.25, 0.3) is 0 Å². The molecular formula is C16H18BrCl2CrNSi. The van der Waals surface area contributed by atoms with E-state index < -0.39 is 6.69 Å². The molecule has 1 heterocycles. The summed E-state index contributed by atoms with van der Waals surface area (Å²) in [6.45, 7) is 3.39. The minimum absolute atomic E-state index is 0. The first-order valence-electron chi connectivity index (χ1n) is 6.25. The number of para-hydroxylation sites is 1. The van der Waals surface area contributed by atoms with Crippen LogP contribution >= 0.6 is 40.1 Å². The first-order valence-corrected chi connectivity index (χ1v) is 11.5. The topological polar surface area (TPSA) is 12.9 Å². The van der Waals surface area contributed by atoms with Gasteiger partial charge in [0.2, 0.25) is 0 Å². The van der Waals surface area contributed by atoms with Crippen LogP contribution in [0.1, 0.15) is 6.42 Å². The zero-order valence-corrected chi connectivity index (χ0v) is 17.9. The minimum Gasteiger partial charge on any atom is -0.283 e. The zero-order chi connectivity index (χ0) is 13.7. The molecule has 0 spiro atoms. The second kappa shape index (κ2) is 11.5. The van der Waals surface area contributed by atoms with E-state index in [1.54, 1.807) is 6.20 Å². The molecule has 0 N–H and O–H groups in total. The summed E-state index contributed by atoms with van der Waals surface area (Å²) < 4.78 is 0. The van der Waals surface area contributed by atoms with E-state index in [9.17, 15) is 0 Å². The molecule has 118 valence electrons. The van der Waals surface area contributed by atoms with Crippen molar-refractivity contribution in [3.8, 4) is 0 Å². The number of allylic oxidation sites excluding steroid dienone is 4. The Morgan fingerprint density at radius 1 is 1.18 bits per heavy atom. The van der Waals surface area contributed by atoms with E-state index in [0.717, 1.165) is 17.3 Å². The van der Waals surface area contributed by atoms with E-state index in [2.05, 4.69) is 57.7 Å². The summed E-state index contributed by atoms with van der Waals surface area (Å²) in [6, 6.07) is 12.9. The molecule has 1 aromatic heterocycles. The molecule has 1 aliphatic rings. The molecule has 22 heavy (non-hydrogen) atoms. The van der Waals surface area contributed by atoms with E-state index in [4.69, 9.17) is 0 Å². The second-order valence-corrected chi connectivity index (χ2v) is 14.3. The summed E-state index contributed by atoms with van der Waals surface area (Å²) in [5.41, 5.74) is 0.935. The van der Waals surface area contributed by atoms with Crippen molar-refractivity contribution < 1.29 is 17.4 Å². The monoisotopic (exact) mass is 453 g/mol. The van der Waals surface area contributed by atoms with Crippen molar-refractivity contribution in [2.75, 3.05) is 0 Å². The number of benzene rings is 1. The van der Waals surface area contributed by atoms with E-state index in [-0.39, 0.29) is 42.2 Å². The molecule has 0 saturated heterocycles.